The number of guanidine groups is 1. The maximum absolute atomic E-state index is 12.7. The summed E-state index contributed by atoms with van der Waals surface area (Å²) in [7, 11) is 0. The fourth-order valence-electron chi connectivity index (χ4n) is 3.50. The van der Waals surface area contributed by atoms with Crippen LogP contribution in [0.4, 0.5) is 13.2 Å². The molecule has 0 aromatic heterocycles. The van der Waals surface area contributed by atoms with Gasteiger partial charge in [-0.1, -0.05) is 12.1 Å². The highest BCUT2D eigenvalue weighted by Crippen LogP contribution is 2.29. The summed E-state index contributed by atoms with van der Waals surface area (Å²) in [5, 5.41) is 9.54. The van der Waals surface area contributed by atoms with Gasteiger partial charge in [-0.25, -0.2) is 0 Å². The van der Waals surface area contributed by atoms with Crippen molar-refractivity contribution >= 4 is 35.8 Å². The molecule has 1 saturated carbocycles. The average molecular weight is 553 g/mol. The smallest absolute Gasteiger partial charge is 0.357 e. The number of hydrogen-bond donors (Lipinski definition) is 3. The molecule has 1 aromatic rings. The van der Waals surface area contributed by atoms with E-state index in [0.29, 0.717) is 19.6 Å². The molecule has 1 heterocycles. The monoisotopic (exact) mass is 553 g/mol. The Morgan fingerprint density at radius 3 is 2.48 bits per heavy atom. The summed E-state index contributed by atoms with van der Waals surface area (Å²) in [5.41, 5.74) is 0.252. The van der Waals surface area contributed by atoms with Crippen molar-refractivity contribution in [3.8, 4) is 0 Å². The van der Waals surface area contributed by atoms with E-state index in [4.69, 9.17) is 0 Å². The van der Waals surface area contributed by atoms with Gasteiger partial charge in [0.05, 0.1) is 12.1 Å². The molecule has 0 spiro atoms. The molecule has 1 aliphatic carbocycles. The Morgan fingerprint density at radius 1 is 1.16 bits per heavy atom. The zero-order chi connectivity index (χ0) is 21.6. The second-order valence-electron chi connectivity index (χ2n) is 7.89. The lowest BCUT2D eigenvalue weighted by molar-refractivity contribution is -0.137. The van der Waals surface area contributed by atoms with E-state index >= 15 is 0 Å². The van der Waals surface area contributed by atoms with E-state index in [1.807, 2.05) is 6.92 Å². The van der Waals surface area contributed by atoms with Crippen molar-refractivity contribution in [3.63, 3.8) is 0 Å². The number of alkyl halides is 3. The molecule has 1 aliphatic heterocycles. The Bertz CT molecular complexity index is 738. The Balaban J connectivity index is 0.00000341. The summed E-state index contributed by atoms with van der Waals surface area (Å²) >= 11 is 0. The number of benzene rings is 1. The first-order valence-electron chi connectivity index (χ1n) is 10.6. The molecular formula is C21H31F3IN5O. The van der Waals surface area contributed by atoms with Gasteiger partial charge in [-0.15, -0.1) is 24.0 Å². The van der Waals surface area contributed by atoms with Crippen LogP contribution in [0.5, 0.6) is 0 Å². The predicted octanol–water partition coefficient (Wildman–Crippen LogP) is 2.98. The number of aliphatic imine (C=N–C) groups is 1. The van der Waals surface area contributed by atoms with Crippen molar-refractivity contribution in [2.45, 2.75) is 44.9 Å². The van der Waals surface area contributed by atoms with Gasteiger partial charge in [0.25, 0.3) is 0 Å². The van der Waals surface area contributed by atoms with Gasteiger partial charge in [-0.05, 0) is 43.9 Å². The van der Waals surface area contributed by atoms with Crippen LogP contribution in [0.1, 0.15) is 37.3 Å². The first kappa shape index (κ1) is 25.7. The highest BCUT2D eigenvalue weighted by Gasteiger charge is 2.30. The molecule has 1 atom stereocenters. The second kappa shape index (κ2) is 11.9. The van der Waals surface area contributed by atoms with Gasteiger partial charge in [-0.3, -0.25) is 14.7 Å². The topological polar surface area (TPSA) is 68.8 Å². The van der Waals surface area contributed by atoms with Crippen LogP contribution in [0.3, 0.4) is 0 Å². The van der Waals surface area contributed by atoms with Crippen molar-refractivity contribution in [1.29, 1.82) is 0 Å². The fraction of sp³-hybridized carbons (Fsp3) is 0.619. The summed E-state index contributed by atoms with van der Waals surface area (Å²) in [5.74, 6) is 1.05. The van der Waals surface area contributed by atoms with E-state index in [0.717, 1.165) is 62.6 Å². The number of halogens is 4. The molecule has 2 aliphatic rings. The van der Waals surface area contributed by atoms with Crippen LogP contribution in [0.2, 0.25) is 0 Å². The molecular weight excluding hydrogens is 522 g/mol. The maximum atomic E-state index is 12.7. The second-order valence-corrected chi connectivity index (χ2v) is 7.89. The van der Waals surface area contributed by atoms with Crippen molar-refractivity contribution in [1.82, 2.24) is 20.9 Å². The highest BCUT2D eigenvalue weighted by atomic mass is 127. The number of amides is 1. The summed E-state index contributed by atoms with van der Waals surface area (Å²) in [6.45, 7) is 6.06. The number of carbonyl (C=O) groups excluding carboxylic acids is 1. The minimum absolute atomic E-state index is 0. The number of carbonyl (C=O) groups is 1. The standard InChI is InChI=1S/C21H30F3N5O.HI/c1-2-25-20(27-11-10-26-19(30)16-5-6-16)28-18-9-12-29(14-18)13-15-3-7-17(8-4-15)21(22,23)24;/h3-4,7-8,16,18H,2,5-6,9-14H2,1H3,(H,26,30)(H2,25,27,28);1H. The molecule has 174 valence electrons. The van der Waals surface area contributed by atoms with Crippen LogP contribution in [-0.2, 0) is 17.5 Å². The lowest BCUT2D eigenvalue weighted by Gasteiger charge is -2.19. The molecule has 0 bridgehead atoms. The minimum atomic E-state index is -4.30. The zero-order valence-electron chi connectivity index (χ0n) is 17.7. The minimum Gasteiger partial charge on any atom is -0.357 e. The molecule has 1 unspecified atom stereocenters. The van der Waals surface area contributed by atoms with Gasteiger partial charge in [0.1, 0.15) is 0 Å². The lowest BCUT2D eigenvalue weighted by Crippen LogP contribution is -2.45. The SMILES string of the molecule is CCNC(=NCCNC(=O)C1CC1)NC1CCN(Cc2ccc(C(F)(F)F)cc2)C1.I. The molecule has 1 aromatic carbocycles. The lowest BCUT2D eigenvalue weighted by atomic mass is 10.1. The Kier molecular flexibility index (Phi) is 9.86. The van der Waals surface area contributed by atoms with Gasteiger partial charge >= 0.3 is 6.18 Å². The third-order valence-electron chi connectivity index (χ3n) is 5.27. The van der Waals surface area contributed by atoms with E-state index in [1.165, 1.54) is 0 Å². The molecule has 1 saturated heterocycles. The maximum Gasteiger partial charge on any atom is 0.416 e. The average Bonchev–Trinajstić information content (AvgIpc) is 3.46. The molecule has 31 heavy (non-hydrogen) atoms. The van der Waals surface area contributed by atoms with E-state index in [-0.39, 0.29) is 41.8 Å². The molecule has 0 radical (unpaired) electrons. The number of hydrogen-bond acceptors (Lipinski definition) is 3. The Morgan fingerprint density at radius 2 is 1.87 bits per heavy atom. The van der Waals surface area contributed by atoms with Gasteiger partial charge < -0.3 is 16.0 Å². The number of likely N-dealkylation sites (tertiary alicyclic amines) is 1. The molecule has 2 fully saturated rings. The number of nitrogens with zero attached hydrogens (tertiary/aromatic N) is 2. The van der Waals surface area contributed by atoms with Crippen LogP contribution in [-0.4, -0.2) is 55.5 Å². The molecule has 3 N–H and O–H groups in total. The van der Waals surface area contributed by atoms with E-state index in [9.17, 15) is 18.0 Å². The summed E-state index contributed by atoms with van der Waals surface area (Å²) in [6, 6.07) is 5.59. The third-order valence-corrected chi connectivity index (χ3v) is 5.27. The number of nitrogens with one attached hydrogen (secondary N) is 3. The Hall–Kier alpha value is -1.56. The normalized spacial score (nSPS) is 19.6. The largest absolute Gasteiger partial charge is 0.416 e. The third kappa shape index (κ3) is 8.47. The van der Waals surface area contributed by atoms with Crippen LogP contribution in [0.25, 0.3) is 0 Å². The highest BCUT2D eigenvalue weighted by molar-refractivity contribution is 14.0. The summed E-state index contributed by atoms with van der Waals surface area (Å²) in [4.78, 5) is 18.4. The first-order valence-corrected chi connectivity index (χ1v) is 10.6. The van der Waals surface area contributed by atoms with Crippen molar-refractivity contribution in [2.75, 3.05) is 32.7 Å². The first-order chi connectivity index (χ1) is 14.3. The van der Waals surface area contributed by atoms with E-state index < -0.39 is 11.7 Å². The van der Waals surface area contributed by atoms with Gasteiger partial charge in [0.2, 0.25) is 5.91 Å². The van der Waals surface area contributed by atoms with Crippen LogP contribution in [0.15, 0.2) is 29.3 Å². The predicted molar refractivity (Wildman–Crippen MR) is 125 cm³/mol. The summed E-state index contributed by atoms with van der Waals surface area (Å²) < 4.78 is 38.1. The Labute approximate surface area is 198 Å². The quantitative estimate of drug-likeness (QED) is 0.201. The van der Waals surface area contributed by atoms with Crippen LogP contribution in [0, 0.1) is 5.92 Å². The molecule has 10 heteroatoms. The van der Waals surface area contributed by atoms with Crippen molar-refractivity contribution < 1.29 is 18.0 Å². The van der Waals surface area contributed by atoms with Crippen LogP contribution < -0.4 is 16.0 Å². The van der Waals surface area contributed by atoms with Crippen molar-refractivity contribution in [2.24, 2.45) is 10.9 Å². The molecule has 3 rings (SSSR count). The summed E-state index contributed by atoms with van der Waals surface area (Å²) in [6.07, 6.45) is -1.39. The molecule has 1 amide bonds. The zero-order valence-corrected chi connectivity index (χ0v) is 20.0. The van der Waals surface area contributed by atoms with Crippen molar-refractivity contribution in [3.05, 3.63) is 35.4 Å². The van der Waals surface area contributed by atoms with E-state index in [1.54, 1.807) is 12.1 Å². The van der Waals surface area contributed by atoms with E-state index in [2.05, 4.69) is 25.8 Å². The van der Waals surface area contributed by atoms with Gasteiger partial charge in [0, 0.05) is 44.7 Å². The van der Waals surface area contributed by atoms with Gasteiger partial charge in [-0.2, -0.15) is 13.2 Å². The number of rotatable bonds is 8. The van der Waals surface area contributed by atoms with Gasteiger partial charge in [0.15, 0.2) is 5.96 Å². The fourth-order valence-corrected chi connectivity index (χ4v) is 3.50. The van der Waals surface area contributed by atoms with Crippen LogP contribution >= 0.6 is 24.0 Å². The molecule has 6 nitrogen and oxygen atoms in total.